The maximum absolute atomic E-state index is 3.16. The normalized spacial score (nSPS) is 10.8. The minimum absolute atomic E-state index is 0. The Hall–Kier alpha value is -0.378. The van der Waals surface area contributed by atoms with Gasteiger partial charge in [-0.05, 0) is 0 Å². The molecule has 0 amide bonds. The molecule has 0 atom stereocenters. The molecule has 0 aromatic heterocycles. The summed E-state index contributed by atoms with van der Waals surface area (Å²) >= 11 is 0. The van der Waals surface area contributed by atoms with Gasteiger partial charge in [-0.2, -0.15) is 5.56 Å². The first kappa shape index (κ1) is 11.6. The fourth-order valence-electron chi connectivity index (χ4n) is 1.11. The topological polar surface area (TPSA) is 0 Å². The standard InChI is InChI=1S/C9H7.C2H6.Re/c1-2-5-9-7-3-6-8(9)4-1;1-2;/h1-2,4-6H,7H2;1-2H3;/q-1;;. The van der Waals surface area contributed by atoms with E-state index in [1.807, 2.05) is 13.8 Å². The number of hydrogen-bond donors (Lipinski definition) is 0. The van der Waals surface area contributed by atoms with E-state index in [9.17, 15) is 0 Å². The molecule has 1 radical (unpaired) electrons. The van der Waals surface area contributed by atoms with Crippen LogP contribution in [0.2, 0.25) is 0 Å². The zero-order chi connectivity index (χ0) is 8.10. The summed E-state index contributed by atoms with van der Waals surface area (Å²) in [6, 6.07) is 8.39. The molecule has 1 aliphatic carbocycles. The van der Waals surface area contributed by atoms with E-state index >= 15 is 0 Å². The Kier molecular flexibility index (Phi) is 5.98. The fourth-order valence-corrected chi connectivity index (χ4v) is 1.11. The fraction of sp³-hybridized carbons (Fsp3) is 0.273. The Bertz CT molecular complexity index is 251. The summed E-state index contributed by atoms with van der Waals surface area (Å²) in [5.74, 6) is 0. The van der Waals surface area contributed by atoms with E-state index in [0.717, 1.165) is 6.42 Å². The van der Waals surface area contributed by atoms with Crippen molar-refractivity contribution in [3.05, 3.63) is 41.5 Å². The van der Waals surface area contributed by atoms with Crippen LogP contribution in [0.3, 0.4) is 0 Å². The van der Waals surface area contributed by atoms with Crippen LogP contribution in [-0.2, 0) is 26.8 Å². The van der Waals surface area contributed by atoms with E-state index in [-0.39, 0.29) is 20.4 Å². The van der Waals surface area contributed by atoms with Crippen LogP contribution in [0.15, 0.2) is 24.3 Å². The van der Waals surface area contributed by atoms with Crippen LogP contribution in [0, 0.1) is 6.08 Å². The number of fused-ring (bicyclic) bond motifs is 1. The van der Waals surface area contributed by atoms with Crippen LogP contribution in [0.4, 0.5) is 0 Å². The van der Waals surface area contributed by atoms with Gasteiger partial charge in [0, 0.05) is 20.4 Å². The molecule has 0 N–H and O–H groups in total. The van der Waals surface area contributed by atoms with Crippen LogP contribution >= 0.6 is 0 Å². The van der Waals surface area contributed by atoms with Crippen molar-refractivity contribution in [1.82, 2.24) is 0 Å². The quantitative estimate of drug-likeness (QED) is 0.641. The first-order valence-electron chi connectivity index (χ1n) is 4.11. The smallest absolute Gasteiger partial charge is 0 e. The molecule has 1 heteroatoms. The van der Waals surface area contributed by atoms with Gasteiger partial charge in [0.2, 0.25) is 0 Å². The SMILES string of the molecule is CC.[C-]1=Cc2ccccc2C1.[Re]. The van der Waals surface area contributed by atoms with Crippen molar-refractivity contribution in [1.29, 1.82) is 0 Å². The molecule has 0 saturated carbocycles. The summed E-state index contributed by atoms with van der Waals surface area (Å²) in [4.78, 5) is 0. The van der Waals surface area contributed by atoms with E-state index in [1.54, 1.807) is 0 Å². The van der Waals surface area contributed by atoms with Crippen LogP contribution in [0.5, 0.6) is 0 Å². The Morgan fingerprint density at radius 3 is 2.50 bits per heavy atom. The average molecular weight is 331 g/mol. The van der Waals surface area contributed by atoms with Crippen molar-refractivity contribution < 1.29 is 20.4 Å². The summed E-state index contributed by atoms with van der Waals surface area (Å²) in [7, 11) is 0. The van der Waals surface area contributed by atoms with Crippen molar-refractivity contribution in [2.24, 2.45) is 0 Å². The summed E-state index contributed by atoms with van der Waals surface area (Å²) in [6.45, 7) is 4.00. The van der Waals surface area contributed by atoms with E-state index in [2.05, 4.69) is 36.4 Å². The molecule has 1 aliphatic rings. The van der Waals surface area contributed by atoms with Gasteiger partial charge in [0.1, 0.15) is 0 Å². The van der Waals surface area contributed by atoms with Gasteiger partial charge in [0.15, 0.2) is 0 Å². The molecule has 0 nitrogen and oxygen atoms in total. The van der Waals surface area contributed by atoms with Crippen molar-refractivity contribution in [2.75, 3.05) is 0 Å². The molecule has 0 heterocycles. The predicted octanol–water partition coefficient (Wildman–Crippen LogP) is 3.08. The zero-order valence-corrected chi connectivity index (χ0v) is 10.2. The van der Waals surface area contributed by atoms with E-state index in [1.165, 1.54) is 11.1 Å². The van der Waals surface area contributed by atoms with Gasteiger partial charge in [-0.25, -0.2) is 6.08 Å². The van der Waals surface area contributed by atoms with Crippen molar-refractivity contribution in [2.45, 2.75) is 20.3 Å². The molecule has 2 rings (SSSR count). The second kappa shape index (κ2) is 6.17. The molecule has 0 bridgehead atoms. The Labute approximate surface area is 88.3 Å². The maximum atomic E-state index is 3.16. The molecule has 0 fully saturated rings. The molecule has 65 valence electrons. The van der Waals surface area contributed by atoms with E-state index in [0.29, 0.717) is 0 Å². The third-order valence-electron chi connectivity index (χ3n) is 1.61. The minimum Gasteiger partial charge on any atom is -0.272 e. The van der Waals surface area contributed by atoms with Crippen LogP contribution in [0.1, 0.15) is 25.0 Å². The number of rotatable bonds is 0. The molecule has 0 unspecified atom stereocenters. The Morgan fingerprint density at radius 1 is 1.17 bits per heavy atom. The number of hydrogen-bond acceptors (Lipinski definition) is 0. The van der Waals surface area contributed by atoms with E-state index < -0.39 is 0 Å². The molecule has 0 saturated heterocycles. The summed E-state index contributed by atoms with van der Waals surface area (Å²) in [5, 5.41) is 0. The summed E-state index contributed by atoms with van der Waals surface area (Å²) in [5.41, 5.74) is 2.73. The van der Waals surface area contributed by atoms with Gasteiger partial charge in [-0.1, -0.05) is 32.0 Å². The molecular weight excluding hydrogens is 318 g/mol. The van der Waals surface area contributed by atoms with Crippen molar-refractivity contribution in [3.63, 3.8) is 0 Å². The number of benzene rings is 1. The molecule has 0 spiro atoms. The van der Waals surface area contributed by atoms with Gasteiger partial charge in [-0.3, -0.25) is 6.08 Å². The zero-order valence-electron chi connectivity index (χ0n) is 7.47. The average Bonchev–Trinajstić information content (AvgIpc) is 2.55. The Balaban J connectivity index is 0.000000378. The Morgan fingerprint density at radius 2 is 1.83 bits per heavy atom. The minimum atomic E-state index is 0. The van der Waals surface area contributed by atoms with Crippen molar-refractivity contribution in [3.8, 4) is 0 Å². The third kappa shape index (κ3) is 2.59. The molecule has 1 aromatic rings. The second-order valence-corrected chi connectivity index (χ2v) is 2.22. The van der Waals surface area contributed by atoms with Gasteiger partial charge in [0.25, 0.3) is 0 Å². The number of allylic oxidation sites excluding steroid dienone is 1. The van der Waals surface area contributed by atoms with Crippen LogP contribution in [0.25, 0.3) is 6.08 Å². The largest absolute Gasteiger partial charge is 0.272 e. The third-order valence-corrected chi connectivity index (χ3v) is 1.61. The molecule has 0 aliphatic heterocycles. The van der Waals surface area contributed by atoms with Gasteiger partial charge in [0.05, 0.1) is 0 Å². The molecular formula is C11H13Re-. The first-order chi connectivity index (χ1) is 5.47. The van der Waals surface area contributed by atoms with Gasteiger partial charge < -0.3 is 0 Å². The molecule has 12 heavy (non-hydrogen) atoms. The second-order valence-electron chi connectivity index (χ2n) is 2.22. The van der Waals surface area contributed by atoms with E-state index in [4.69, 9.17) is 0 Å². The summed E-state index contributed by atoms with van der Waals surface area (Å²) < 4.78 is 0. The first-order valence-corrected chi connectivity index (χ1v) is 4.11. The van der Waals surface area contributed by atoms with Gasteiger partial charge >= 0.3 is 0 Å². The monoisotopic (exact) mass is 332 g/mol. The maximum Gasteiger partial charge on any atom is 0 e. The van der Waals surface area contributed by atoms with Crippen LogP contribution < -0.4 is 0 Å². The van der Waals surface area contributed by atoms with Crippen molar-refractivity contribution >= 4 is 6.08 Å². The van der Waals surface area contributed by atoms with Crippen LogP contribution in [-0.4, -0.2) is 0 Å². The predicted molar refractivity (Wildman–Crippen MR) is 49.2 cm³/mol. The van der Waals surface area contributed by atoms with Gasteiger partial charge in [-0.15, -0.1) is 18.1 Å². The molecule has 1 aromatic carbocycles. The summed E-state index contributed by atoms with van der Waals surface area (Å²) in [6.07, 6.45) is 6.21.